The molecule has 7 aromatic rings. The molecule has 0 aliphatic carbocycles. The number of rotatable bonds is 4. The molecule has 0 unspecified atom stereocenters. The Morgan fingerprint density at radius 3 is 1.55 bits per heavy atom. The van der Waals surface area contributed by atoms with Crippen molar-refractivity contribution in [2.24, 2.45) is 0 Å². The van der Waals surface area contributed by atoms with Crippen molar-refractivity contribution < 1.29 is 19.2 Å². The molecule has 0 heterocycles. The molecule has 0 spiro atoms. The van der Waals surface area contributed by atoms with Gasteiger partial charge in [-0.25, -0.2) is 0 Å². The van der Waals surface area contributed by atoms with E-state index in [1.807, 2.05) is 0 Å². The molecule has 0 bridgehead atoms. The third kappa shape index (κ3) is 6.93. The van der Waals surface area contributed by atoms with Gasteiger partial charge in [-0.05, 0) is 34.7 Å². The van der Waals surface area contributed by atoms with Gasteiger partial charge in [0.25, 0.3) is 0 Å². The summed E-state index contributed by atoms with van der Waals surface area (Å²) in [4.78, 5) is 0. The van der Waals surface area contributed by atoms with Gasteiger partial charge in [0, 0.05) is 0 Å². The van der Waals surface area contributed by atoms with Gasteiger partial charge < -0.3 is 14.9 Å². The molecule has 0 N–H and O–H groups in total. The Morgan fingerprint density at radius 2 is 0.952 bits per heavy atom. The van der Waals surface area contributed by atoms with Crippen molar-refractivity contribution in [3.8, 4) is 22.3 Å². The van der Waals surface area contributed by atoms with Crippen molar-refractivity contribution in [1.29, 1.82) is 0 Å². The summed E-state index contributed by atoms with van der Waals surface area (Å²) in [7, 11) is 2.97. The first-order valence-corrected chi connectivity index (χ1v) is 16.7. The third-order valence-electron chi connectivity index (χ3n) is 7.60. The van der Waals surface area contributed by atoms with Gasteiger partial charge in [-0.15, -0.1) is 69.1 Å². The molecule has 7 aromatic carbocycles. The van der Waals surface area contributed by atoms with Gasteiger partial charge in [-0.1, -0.05) is 110 Å². The van der Waals surface area contributed by atoms with Gasteiger partial charge in [0.1, 0.15) is 0 Å². The third-order valence-corrected chi connectivity index (χ3v) is 7.60. The molecule has 42 heavy (non-hydrogen) atoms. The van der Waals surface area contributed by atoms with E-state index in [9.17, 15) is 0 Å². The minimum absolute atomic E-state index is 0. The van der Waals surface area contributed by atoms with Crippen molar-refractivity contribution in [3.63, 3.8) is 0 Å². The zero-order valence-corrected chi connectivity index (χ0v) is 27.7. The van der Waals surface area contributed by atoms with Crippen LogP contribution in [0.4, 0.5) is 0 Å². The summed E-state index contributed by atoms with van der Waals surface area (Å²) in [6.07, 6.45) is 2.19. The fourth-order valence-corrected chi connectivity index (χ4v) is 5.57. The van der Waals surface area contributed by atoms with Gasteiger partial charge in [0.15, 0.2) is 0 Å². The molecule has 0 saturated heterocycles. The minimum atomic E-state index is 0. The maximum atomic E-state index is 2.97. The van der Waals surface area contributed by atoms with Crippen LogP contribution in [0, 0.1) is 14.9 Å². The summed E-state index contributed by atoms with van der Waals surface area (Å²) < 4.78 is 0. The number of hydrogen-bond acceptors (Lipinski definition) is 0. The fourth-order valence-electron chi connectivity index (χ4n) is 5.57. The number of fused-ring (bicyclic) bond motifs is 3. The molecule has 0 saturated carbocycles. The van der Waals surface area contributed by atoms with E-state index < -0.39 is 0 Å². The van der Waals surface area contributed by atoms with Crippen LogP contribution in [-0.2, 0) is 32.0 Å². The molecule has 2 radical (unpaired) electrons. The number of benzene rings is 5. The van der Waals surface area contributed by atoms with E-state index in [1.165, 1.54) is 65.7 Å². The first-order chi connectivity index (χ1) is 19.7. The first kappa shape index (κ1) is 33.0. The van der Waals surface area contributed by atoms with E-state index in [4.69, 9.17) is 0 Å². The van der Waals surface area contributed by atoms with Crippen molar-refractivity contribution in [2.75, 3.05) is 0 Å². The molecule has 0 aliphatic heterocycles. The number of hydrogen-bond donors (Lipinski definition) is 0. The Bertz CT molecular complexity index is 1850. The van der Waals surface area contributed by atoms with Crippen LogP contribution in [0.15, 0.2) is 133 Å². The molecule has 2 heteroatoms. The van der Waals surface area contributed by atoms with E-state index in [0.29, 0.717) is 0 Å². The molecule has 0 atom stereocenters. The zero-order chi connectivity index (χ0) is 27.9. The van der Waals surface area contributed by atoms with Crippen LogP contribution >= 0.6 is 0 Å². The molecule has 0 aliphatic rings. The summed E-state index contributed by atoms with van der Waals surface area (Å²) in [6.45, 7) is 4.42. The summed E-state index contributed by atoms with van der Waals surface area (Å²) >= 11 is 1.81. The van der Waals surface area contributed by atoms with Crippen LogP contribution in [-0.4, -0.2) is 7.63 Å². The second kappa shape index (κ2) is 15.7. The normalized spacial score (nSPS) is 10.1. The quantitative estimate of drug-likeness (QED) is 0.140. The molecule has 0 aromatic heterocycles. The molecule has 0 amide bonds. The molecule has 210 valence electrons. The van der Waals surface area contributed by atoms with Gasteiger partial charge in [-0.3, -0.25) is 0 Å². The van der Waals surface area contributed by atoms with E-state index in [-0.39, 0.29) is 14.9 Å². The van der Waals surface area contributed by atoms with Crippen molar-refractivity contribution in [3.05, 3.63) is 159 Å². The average Bonchev–Trinajstić information content (AvgIpc) is 3.66. The monoisotopic (exact) mass is 594 g/mol. The van der Waals surface area contributed by atoms with Crippen LogP contribution in [0.3, 0.4) is 0 Å². The van der Waals surface area contributed by atoms with Crippen LogP contribution in [0.5, 0.6) is 0 Å². The molecule has 0 fully saturated rings. The summed E-state index contributed by atoms with van der Waals surface area (Å²) in [5, 5.41) is 8.06. The predicted molar refractivity (Wildman–Crippen MR) is 185 cm³/mol. The van der Waals surface area contributed by atoms with E-state index in [0.717, 1.165) is 12.8 Å². The second-order valence-corrected chi connectivity index (χ2v) is 9.94. The van der Waals surface area contributed by atoms with Gasteiger partial charge in [-0.2, -0.15) is 12.1 Å². The van der Waals surface area contributed by atoms with E-state index >= 15 is 0 Å². The molecular formula is C40H38SiTi-4. The van der Waals surface area contributed by atoms with Gasteiger partial charge in [0.05, 0.1) is 0 Å². The van der Waals surface area contributed by atoms with Crippen LogP contribution < -0.4 is 0 Å². The van der Waals surface area contributed by atoms with Crippen molar-refractivity contribution in [2.45, 2.75) is 26.7 Å². The summed E-state index contributed by atoms with van der Waals surface area (Å²) in [6, 6.07) is 48.2. The molecule has 7 rings (SSSR count). The number of aryl methyl sites for hydroxylation is 2. The fraction of sp³-hybridized carbons (Fsp3) is 0.100. The van der Waals surface area contributed by atoms with Crippen LogP contribution in [0.1, 0.15) is 25.0 Å². The van der Waals surface area contributed by atoms with E-state index in [2.05, 4.69) is 155 Å². The summed E-state index contributed by atoms with van der Waals surface area (Å²) in [5.41, 5.74) is 8.13. The standard InChI is InChI=1S/C21H17.C17H15.2CH3.Si.Ti/c1-2-15-13-17-9-6-12-20(21(17)14-15)19-11-5-8-16-7-3-4-10-18(16)19;1-2-13-11-15-9-6-10-16(17(15)12-13)14-7-4-3-5-8-14;;;;/h3-14H,2H2,1H3;3-12H,2H2,1H3;2*1H3;;/q4*-1;;. The second-order valence-electron chi connectivity index (χ2n) is 9.94. The van der Waals surface area contributed by atoms with Gasteiger partial charge in [0.2, 0.25) is 0 Å². The Labute approximate surface area is 266 Å². The van der Waals surface area contributed by atoms with Crippen LogP contribution in [0.25, 0.3) is 54.6 Å². The average molecular weight is 595 g/mol. The summed E-state index contributed by atoms with van der Waals surface area (Å²) in [5.74, 6) is 0. The zero-order valence-electron chi connectivity index (χ0n) is 25.1. The predicted octanol–water partition coefficient (Wildman–Crippen LogP) is 11.2. The Morgan fingerprint density at radius 1 is 0.500 bits per heavy atom. The van der Waals surface area contributed by atoms with Crippen molar-refractivity contribution >= 4 is 39.9 Å². The Hall–Kier alpha value is -3.49. The maximum absolute atomic E-state index is 2.97. The first-order valence-electron chi connectivity index (χ1n) is 13.9. The molecule has 0 nitrogen and oxygen atoms in total. The van der Waals surface area contributed by atoms with Crippen LogP contribution in [0.2, 0.25) is 0 Å². The Balaban J connectivity index is 0.000000212. The Kier molecular flexibility index (Phi) is 12.3. The van der Waals surface area contributed by atoms with E-state index in [1.54, 1.807) is 19.2 Å². The molecular weight excluding hydrogens is 556 g/mol. The van der Waals surface area contributed by atoms with Gasteiger partial charge >= 0.3 is 26.8 Å². The van der Waals surface area contributed by atoms with Crippen molar-refractivity contribution in [1.82, 2.24) is 0 Å². The SMILES string of the molecule is CCc1cc2c(-c3cccc4ccccc34)cccc2[cH-]1.CCc1cc2c(-c3ccccc3)cccc2[cH-]1.[CH3-].[CH3-].[Si]=[Ti]. The topological polar surface area (TPSA) is 0 Å².